The summed E-state index contributed by atoms with van der Waals surface area (Å²) in [7, 11) is 3.18. The predicted octanol–water partition coefficient (Wildman–Crippen LogP) is 3.69. The zero-order chi connectivity index (χ0) is 19.1. The Morgan fingerprint density at radius 1 is 1.07 bits per heavy atom. The molecule has 0 unspecified atom stereocenters. The Bertz CT molecular complexity index is 774. The van der Waals surface area contributed by atoms with E-state index in [0.29, 0.717) is 28.8 Å². The van der Waals surface area contributed by atoms with Crippen molar-refractivity contribution < 1.29 is 14.3 Å². The summed E-state index contributed by atoms with van der Waals surface area (Å²) in [6.07, 6.45) is 8.47. The predicted molar refractivity (Wildman–Crippen MR) is 104 cm³/mol. The number of hydrogen-bond donors (Lipinski definition) is 2. The molecule has 0 radical (unpaired) electrons. The highest BCUT2D eigenvalue weighted by atomic mass is 16.5. The van der Waals surface area contributed by atoms with E-state index >= 15 is 0 Å². The fourth-order valence-electron chi connectivity index (χ4n) is 3.25. The van der Waals surface area contributed by atoms with Gasteiger partial charge in [0.05, 0.1) is 19.9 Å². The molecule has 1 saturated carbocycles. The van der Waals surface area contributed by atoms with Crippen LogP contribution in [0.4, 0.5) is 11.6 Å². The molecule has 3 rings (SSSR count). The van der Waals surface area contributed by atoms with Crippen molar-refractivity contribution in [3.63, 3.8) is 0 Å². The Morgan fingerprint density at radius 3 is 2.56 bits per heavy atom. The van der Waals surface area contributed by atoms with Crippen molar-refractivity contribution in [2.75, 3.05) is 19.5 Å². The Balaban J connectivity index is 1.70. The van der Waals surface area contributed by atoms with Crippen LogP contribution in [0.15, 0.2) is 30.5 Å². The number of ether oxygens (including phenoxy) is 2. The van der Waals surface area contributed by atoms with E-state index in [1.54, 1.807) is 32.5 Å². The first kappa shape index (κ1) is 18.9. The minimum atomic E-state index is -0.158. The van der Waals surface area contributed by atoms with E-state index < -0.39 is 0 Å². The van der Waals surface area contributed by atoms with Gasteiger partial charge in [-0.3, -0.25) is 4.79 Å². The number of methoxy groups -OCH3 is 2. The van der Waals surface area contributed by atoms with E-state index in [9.17, 15) is 4.79 Å². The minimum absolute atomic E-state index is 0.158. The maximum Gasteiger partial charge on any atom is 0.270 e. The summed E-state index contributed by atoms with van der Waals surface area (Å²) in [6, 6.07) is 7.26. The highest BCUT2D eigenvalue weighted by Gasteiger charge is 2.17. The first-order valence-corrected chi connectivity index (χ1v) is 9.32. The first-order chi connectivity index (χ1) is 13.2. The van der Waals surface area contributed by atoms with Crippen molar-refractivity contribution in [2.24, 2.45) is 0 Å². The number of amides is 1. The summed E-state index contributed by atoms with van der Waals surface area (Å²) in [5.74, 6) is 1.47. The molecule has 0 atom stereocenters. The standard InChI is InChI=1S/C20H26N4O3/c1-26-15-9-10-16(18(13-15)27-2)23-20-21-12-11-17(24-20)19(25)22-14-7-5-3-4-6-8-14/h9-14H,3-8H2,1-2H3,(H,22,25)(H,21,23,24). The van der Waals surface area contributed by atoms with Crippen molar-refractivity contribution in [1.29, 1.82) is 0 Å². The van der Waals surface area contributed by atoms with E-state index in [1.165, 1.54) is 25.7 Å². The van der Waals surface area contributed by atoms with Gasteiger partial charge in [-0.2, -0.15) is 0 Å². The van der Waals surface area contributed by atoms with Gasteiger partial charge < -0.3 is 20.1 Å². The van der Waals surface area contributed by atoms with Gasteiger partial charge in [0.2, 0.25) is 5.95 Å². The molecule has 1 heterocycles. The number of nitrogens with one attached hydrogen (secondary N) is 2. The van der Waals surface area contributed by atoms with Gasteiger partial charge in [-0.15, -0.1) is 0 Å². The van der Waals surface area contributed by atoms with E-state index in [-0.39, 0.29) is 11.9 Å². The number of anilines is 2. The number of aromatic nitrogens is 2. The second kappa shape index (κ2) is 9.21. The maximum absolute atomic E-state index is 12.6. The van der Waals surface area contributed by atoms with Gasteiger partial charge in [0.25, 0.3) is 5.91 Å². The van der Waals surface area contributed by atoms with Gasteiger partial charge in [-0.05, 0) is 31.0 Å². The lowest BCUT2D eigenvalue weighted by atomic mass is 10.1. The summed E-state index contributed by atoms with van der Waals surface area (Å²) < 4.78 is 10.6. The van der Waals surface area contributed by atoms with Crippen LogP contribution < -0.4 is 20.1 Å². The van der Waals surface area contributed by atoms with Gasteiger partial charge >= 0.3 is 0 Å². The summed E-state index contributed by atoms with van der Waals surface area (Å²) >= 11 is 0. The second-order valence-electron chi connectivity index (χ2n) is 6.62. The Kier molecular flexibility index (Phi) is 6.46. The molecule has 27 heavy (non-hydrogen) atoms. The molecule has 7 heteroatoms. The van der Waals surface area contributed by atoms with Crippen LogP contribution in [0.5, 0.6) is 11.5 Å². The second-order valence-corrected chi connectivity index (χ2v) is 6.62. The molecule has 1 fully saturated rings. The third kappa shape index (κ3) is 5.09. The van der Waals surface area contributed by atoms with E-state index in [0.717, 1.165) is 12.8 Å². The molecule has 2 N–H and O–H groups in total. The summed E-state index contributed by atoms with van der Waals surface area (Å²) in [5.41, 5.74) is 1.05. The summed E-state index contributed by atoms with van der Waals surface area (Å²) in [6.45, 7) is 0. The van der Waals surface area contributed by atoms with Crippen molar-refractivity contribution >= 4 is 17.5 Å². The number of carbonyl (C=O) groups excluding carboxylic acids is 1. The normalized spacial score (nSPS) is 14.9. The molecule has 1 amide bonds. The highest BCUT2D eigenvalue weighted by Crippen LogP contribution is 2.30. The first-order valence-electron chi connectivity index (χ1n) is 9.32. The van der Waals surface area contributed by atoms with Gasteiger partial charge in [-0.25, -0.2) is 9.97 Å². The van der Waals surface area contributed by atoms with Crippen LogP contribution in [-0.2, 0) is 0 Å². The molecule has 144 valence electrons. The molecule has 1 aliphatic carbocycles. The molecule has 1 aromatic carbocycles. The average molecular weight is 370 g/mol. The summed E-state index contributed by atoms with van der Waals surface area (Å²) in [5, 5.41) is 6.21. The van der Waals surface area contributed by atoms with Gasteiger partial charge in [-0.1, -0.05) is 25.7 Å². The van der Waals surface area contributed by atoms with Crippen molar-refractivity contribution in [3.8, 4) is 11.5 Å². The minimum Gasteiger partial charge on any atom is -0.497 e. The molecule has 7 nitrogen and oxygen atoms in total. The number of carbonyl (C=O) groups is 1. The quantitative estimate of drug-likeness (QED) is 0.755. The van der Waals surface area contributed by atoms with Crippen LogP contribution in [-0.4, -0.2) is 36.1 Å². The number of rotatable bonds is 6. The molecular weight excluding hydrogens is 344 g/mol. The van der Waals surface area contributed by atoms with Crippen LogP contribution in [0, 0.1) is 0 Å². The van der Waals surface area contributed by atoms with Crippen LogP contribution in [0.2, 0.25) is 0 Å². The maximum atomic E-state index is 12.6. The highest BCUT2D eigenvalue weighted by molar-refractivity contribution is 5.92. The van der Waals surface area contributed by atoms with Crippen molar-refractivity contribution in [2.45, 2.75) is 44.6 Å². The molecule has 2 aromatic rings. The lowest BCUT2D eigenvalue weighted by Gasteiger charge is -2.16. The lowest BCUT2D eigenvalue weighted by Crippen LogP contribution is -2.35. The zero-order valence-electron chi connectivity index (χ0n) is 15.8. The topological polar surface area (TPSA) is 85.4 Å². The molecule has 1 aromatic heterocycles. The Hall–Kier alpha value is -2.83. The van der Waals surface area contributed by atoms with E-state index in [1.807, 2.05) is 12.1 Å². The van der Waals surface area contributed by atoms with E-state index in [2.05, 4.69) is 20.6 Å². The fourth-order valence-corrected chi connectivity index (χ4v) is 3.25. The monoisotopic (exact) mass is 370 g/mol. The molecule has 0 bridgehead atoms. The molecule has 1 aliphatic rings. The third-order valence-electron chi connectivity index (χ3n) is 4.73. The SMILES string of the molecule is COc1ccc(Nc2nccc(C(=O)NC3CCCCCC3)n2)c(OC)c1. The van der Waals surface area contributed by atoms with Crippen LogP contribution in [0.1, 0.15) is 49.0 Å². The Morgan fingerprint density at radius 2 is 1.85 bits per heavy atom. The van der Waals surface area contributed by atoms with Crippen LogP contribution in [0.25, 0.3) is 0 Å². The smallest absolute Gasteiger partial charge is 0.270 e. The molecule has 0 saturated heterocycles. The van der Waals surface area contributed by atoms with Crippen LogP contribution in [0.3, 0.4) is 0 Å². The van der Waals surface area contributed by atoms with Gasteiger partial charge in [0.15, 0.2) is 0 Å². The largest absolute Gasteiger partial charge is 0.497 e. The molecule has 0 spiro atoms. The third-order valence-corrected chi connectivity index (χ3v) is 4.73. The van der Waals surface area contributed by atoms with Crippen LogP contribution >= 0.6 is 0 Å². The zero-order valence-corrected chi connectivity index (χ0v) is 15.8. The average Bonchev–Trinajstić information content (AvgIpc) is 2.97. The Labute approximate surface area is 159 Å². The summed E-state index contributed by atoms with van der Waals surface area (Å²) in [4.78, 5) is 21.1. The fraction of sp³-hybridized carbons (Fsp3) is 0.450. The number of nitrogens with zero attached hydrogens (tertiary/aromatic N) is 2. The van der Waals surface area contributed by atoms with Gasteiger partial charge in [0.1, 0.15) is 17.2 Å². The number of benzene rings is 1. The van der Waals surface area contributed by atoms with Crippen molar-refractivity contribution in [3.05, 3.63) is 36.2 Å². The number of hydrogen-bond acceptors (Lipinski definition) is 6. The molecule has 0 aliphatic heterocycles. The van der Waals surface area contributed by atoms with E-state index in [4.69, 9.17) is 9.47 Å². The lowest BCUT2D eigenvalue weighted by molar-refractivity contribution is 0.0928. The molecular formula is C20H26N4O3. The van der Waals surface area contributed by atoms with Gasteiger partial charge in [0, 0.05) is 18.3 Å². The van der Waals surface area contributed by atoms with Crippen molar-refractivity contribution in [1.82, 2.24) is 15.3 Å².